The molecule has 1 nitrogen and oxygen atoms in total. The summed E-state index contributed by atoms with van der Waals surface area (Å²) in [6, 6.07) is 7.63. The maximum Gasteiger partial charge on any atom is 0.126 e. The molecule has 3 atom stereocenters. The van der Waals surface area contributed by atoms with Crippen LogP contribution in [0.5, 0.6) is 0 Å². The van der Waals surface area contributed by atoms with Gasteiger partial charge >= 0.3 is 0 Å². The van der Waals surface area contributed by atoms with E-state index in [1.165, 1.54) is 0 Å². The van der Waals surface area contributed by atoms with Crippen LogP contribution in [-0.2, 0) is 0 Å². The summed E-state index contributed by atoms with van der Waals surface area (Å²) in [5.74, 6) is 0.727. The third-order valence-electron chi connectivity index (χ3n) is 4.21. The van der Waals surface area contributed by atoms with Gasteiger partial charge in [-0.3, -0.25) is 0 Å². The molecule has 0 amide bonds. The molecule has 0 saturated heterocycles. The Morgan fingerprint density at radius 1 is 1.25 bits per heavy atom. The number of benzene rings is 1. The monoisotopic (exact) mass is 221 g/mol. The Morgan fingerprint density at radius 2 is 1.88 bits per heavy atom. The molecule has 0 aromatic heterocycles. The summed E-state index contributed by atoms with van der Waals surface area (Å²) in [5, 5.41) is 3.34. The van der Waals surface area contributed by atoms with Crippen LogP contribution in [0, 0.1) is 17.2 Å². The third-order valence-corrected chi connectivity index (χ3v) is 4.21. The van der Waals surface area contributed by atoms with Crippen molar-refractivity contribution in [3.63, 3.8) is 0 Å². The highest BCUT2D eigenvalue weighted by Gasteiger charge is 2.54. The molecule has 2 heteroatoms. The van der Waals surface area contributed by atoms with Crippen molar-refractivity contribution in [3.05, 3.63) is 35.6 Å². The summed E-state index contributed by atoms with van der Waals surface area (Å²) in [5.41, 5.74) is 0.989. The van der Waals surface area contributed by atoms with E-state index in [-0.39, 0.29) is 11.2 Å². The molecule has 88 valence electrons. The lowest BCUT2D eigenvalue weighted by atomic mass is 9.50. The fraction of sp³-hybridized carbons (Fsp3) is 0.571. The second-order valence-corrected chi connectivity index (χ2v) is 5.45. The van der Waals surface area contributed by atoms with Crippen molar-refractivity contribution in [1.29, 1.82) is 0 Å². The first-order chi connectivity index (χ1) is 7.50. The first kappa shape index (κ1) is 11.6. The van der Waals surface area contributed by atoms with Crippen LogP contribution in [0.15, 0.2) is 24.3 Å². The Bertz CT molecular complexity index is 386. The van der Waals surface area contributed by atoms with Gasteiger partial charge in [0.05, 0.1) is 0 Å². The molecule has 2 rings (SSSR count). The molecule has 1 aromatic carbocycles. The van der Waals surface area contributed by atoms with E-state index in [9.17, 15) is 4.39 Å². The van der Waals surface area contributed by atoms with Gasteiger partial charge in [0, 0.05) is 6.04 Å². The molecule has 0 bridgehead atoms. The van der Waals surface area contributed by atoms with E-state index in [4.69, 9.17) is 0 Å². The first-order valence-electron chi connectivity index (χ1n) is 5.92. The maximum atomic E-state index is 13.8. The van der Waals surface area contributed by atoms with Gasteiger partial charge in [-0.2, -0.15) is 0 Å². The van der Waals surface area contributed by atoms with Crippen LogP contribution in [-0.4, -0.2) is 13.1 Å². The van der Waals surface area contributed by atoms with Gasteiger partial charge in [-0.1, -0.05) is 39.0 Å². The van der Waals surface area contributed by atoms with Gasteiger partial charge in [0.25, 0.3) is 0 Å². The van der Waals surface area contributed by atoms with E-state index in [1.54, 1.807) is 12.1 Å². The lowest BCUT2D eigenvalue weighted by molar-refractivity contribution is 0.00319. The van der Waals surface area contributed by atoms with Crippen LogP contribution in [0.2, 0.25) is 0 Å². The largest absolute Gasteiger partial charge is 0.316 e. The highest BCUT2D eigenvalue weighted by atomic mass is 19.1. The number of nitrogens with one attached hydrogen (secondary N) is 1. The Morgan fingerprint density at radius 3 is 2.38 bits per heavy atom. The average molecular weight is 221 g/mol. The summed E-state index contributed by atoms with van der Waals surface area (Å²) < 4.78 is 13.8. The predicted molar refractivity (Wildman–Crippen MR) is 64.9 cm³/mol. The summed E-state index contributed by atoms with van der Waals surface area (Å²) in [7, 11) is 1.99. The van der Waals surface area contributed by atoms with Crippen LogP contribution < -0.4 is 5.32 Å². The van der Waals surface area contributed by atoms with Crippen LogP contribution in [0.1, 0.15) is 32.3 Å². The molecule has 1 aliphatic carbocycles. The maximum absolute atomic E-state index is 13.8. The second kappa shape index (κ2) is 3.85. The topological polar surface area (TPSA) is 12.0 Å². The Hall–Kier alpha value is -0.890. The van der Waals surface area contributed by atoms with E-state index < -0.39 is 0 Å². The predicted octanol–water partition coefficient (Wildman–Crippen LogP) is 3.17. The zero-order valence-electron chi connectivity index (χ0n) is 10.4. The number of hydrogen-bond acceptors (Lipinski definition) is 1. The van der Waals surface area contributed by atoms with Crippen molar-refractivity contribution in [2.75, 3.05) is 7.05 Å². The van der Waals surface area contributed by atoms with Crippen molar-refractivity contribution in [3.8, 4) is 0 Å². The SMILES string of the molecule is CNC1C(C)C(c2ccccc2F)C1(C)C. The lowest BCUT2D eigenvalue weighted by Gasteiger charge is -2.58. The molecule has 16 heavy (non-hydrogen) atoms. The Labute approximate surface area is 97.1 Å². The minimum atomic E-state index is -0.0676. The van der Waals surface area contributed by atoms with Crippen molar-refractivity contribution in [2.45, 2.75) is 32.7 Å². The average Bonchev–Trinajstić information content (AvgIpc) is 2.21. The normalized spacial score (nSPS) is 32.2. The highest BCUT2D eigenvalue weighted by Crippen LogP contribution is 2.56. The lowest BCUT2D eigenvalue weighted by Crippen LogP contribution is -2.60. The standard InChI is InChI=1S/C14H20FN/c1-9-12(14(2,3)13(9)16-4)10-7-5-6-8-11(10)15/h5-9,12-13,16H,1-4H3. The third kappa shape index (κ3) is 1.47. The molecule has 1 aliphatic rings. The molecule has 0 heterocycles. The molecule has 3 unspecified atom stereocenters. The quantitative estimate of drug-likeness (QED) is 0.808. The van der Waals surface area contributed by atoms with E-state index >= 15 is 0 Å². The Kier molecular flexibility index (Phi) is 2.79. The van der Waals surface area contributed by atoms with Crippen molar-refractivity contribution >= 4 is 0 Å². The van der Waals surface area contributed by atoms with Gasteiger partial charge in [-0.25, -0.2) is 4.39 Å². The Balaban J connectivity index is 2.34. The molecule has 1 fully saturated rings. The van der Waals surface area contributed by atoms with E-state index in [1.807, 2.05) is 19.2 Å². The highest BCUT2D eigenvalue weighted by molar-refractivity contribution is 5.30. The second-order valence-electron chi connectivity index (χ2n) is 5.45. The van der Waals surface area contributed by atoms with Crippen LogP contribution in [0.3, 0.4) is 0 Å². The fourth-order valence-electron chi connectivity index (χ4n) is 3.67. The van der Waals surface area contributed by atoms with E-state index in [0.29, 0.717) is 17.9 Å². The van der Waals surface area contributed by atoms with Crippen molar-refractivity contribution in [2.24, 2.45) is 11.3 Å². The summed E-state index contributed by atoms with van der Waals surface area (Å²) in [6.07, 6.45) is 0. The van der Waals surface area contributed by atoms with Crippen LogP contribution >= 0.6 is 0 Å². The minimum absolute atomic E-state index is 0.0676. The zero-order valence-corrected chi connectivity index (χ0v) is 10.4. The van der Waals surface area contributed by atoms with E-state index in [0.717, 1.165) is 5.56 Å². The van der Waals surface area contributed by atoms with Gasteiger partial charge in [0.1, 0.15) is 5.82 Å². The summed E-state index contributed by atoms with van der Waals surface area (Å²) in [6.45, 7) is 6.63. The molecule has 1 aromatic rings. The molecule has 1 saturated carbocycles. The van der Waals surface area contributed by atoms with Crippen molar-refractivity contribution < 1.29 is 4.39 Å². The van der Waals surface area contributed by atoms with E-state index in [2.05, 4.69) is 26.1 Å². The van der Waals surface area contributed by atoms with Gasteiger partial charge in [0.15, 0.2) is 0 Å². The zero-order chi connectivity index (χ0) is 11.9. The summed E-state index contributed by atoms with van der Waals surface area (Å²) >= 11 is 0. The fourth-order valence-corrected chi connectivity index (χ4v) is 3.67. The minimum Gasteiger partial charge on any atom is -0.316 e. The molecular formula is C14H20FN. The molecular weight excluding hydrogens is 201 g/mol. The number of hydrogen-bond donors (Lipinski definition) is 1. The molecule has 0 spiro atoms. The van der Waals surface area contributed by atoms with Gasteiger partial charge in [-0.05, 0) is 35.9 Å². The van der Waals surface area contributed by atoms with Gasteiger partial charge < -0.3 is 5.32 Å². The van der Waals surface area contributed by atoms with Crippen LogP contribution in [0.25, 0.3) is 0 Å². The molecule has 0 aliphatic heterocycles. The van der Waals surface area contributed by atoms with Gasteiger partial charge in [0.2, 0.25) is 0 Å². The molecule has 1 N–H and O–H groups in total. The number of rotatable bonds is 2. The first-order valence-corrected chi connectivity index (χ1v) is 5.92. The van der Waals surface area contributed by atoms with Crippen LogP contribution in [0.4, 0.5) is 4.39 Å². The summed E-state index contributed by atoms with van der Waals surface area (Å²) in [4.78, 5) is 0. The molecule has 0 radical (unpaired) electrons. The smallest absolute Gasteiger partial charge is 0.126 e. The van der Waals surface area contributed by atoms with Gasteiger partial charge in [-0.15, -0.1) is 0 Å². The number of halogens is 1. The van der Waals surface area contributed by atoms with Crippen molar-refractivity contribution in [1.82, 2.24) is 5.32 Å².